The molecule has 0 aliphatic heterocycles. The largest absolute Gasteiger partial charge is 0.323 e. The van der Waals surface area contributed by atoms with Crippen LogP contribution in [-0.4, -0.2) is 14.8 Å². The van der Waals surface area contributed by atoms with E-state index in [0.717, 1.165) is 31.6 Å². The summed E-state index contributed by atoms with van der Waals surface area (Å²) in [7, 11) is 0. The average molecular weight is 264 g/mol. The smallest absolute Gasteiger partial charge is 0.138 e. The monoisotopic (exact) mass is 264 g/mol. The molecule has 4 nitrogen and oxygen atoms in total. The zero-order valence-corrected chi connectivity index (χ0v) is 11.8. The zero-order valence-electron chi connectivity index (χ0n) is 11.0. The molecule has 0 amide bonds. The standard InChI is InChI=1S/C13H20N4S/c1-3-7-17-13(15-9-16-17)8-11(14)12-6-5-10(4-2)18-12/h5-6,9,11H,3-4,7-8,14H2,1-2H3. The van der Waals surface area contributed by atoms with Gasteiger partial charge in [-0.2, -0.15) is 5.10 Å². The van der Waals surface area contributed by atoms with Crippen LogP contribution in [0.25, 0.3) is 0 Å². The van der Waals surface area contributed by atoms with Crippen molar-refractivity contribution < 1.29 is 0 Å². The van der Waals surface area contributed by atoms with Gasteiger partial charge in [-0.15, -0.1) is 11.3 Å². The van der Waals surface area contributed by atoms with Gasteiger partial charge in [0.2, 0.25) is 0 Å². The van der Waals surface area contributed by atoms with Crippen LogP contribution in [0.1, 0.15) is 41.9 Å². The van der Waals surface area contributed by atoms with Gasteiger partial charge in [-0.3, -0.25) is 4.68 Å². The molecule has 5 heteroatoms. The predicted octanol–water partition coefficient (Wildman–Crippen LogP) is 2.55. The summed E-state index contributed by atoms with van der Waals surface area (Å²) in [6, 6.07) is 4.32. The maximum absolute atomic E-state index is 6.25. The maximum Gasteiger partial charge on any atom is 0.138 e. The summed E-state index contributed by atoms with van der Waals surface area (Å²) in [4.78, 5) is 6.92. The summed E-state index contributed by atoms with van der Waals surface area (Å²) in [6.45, 7) is 5.21. The molecule has 0 aliphatic rings. The minimum atomic E-state index is 0.0232. The number of hydrogen-bond acceptors (Lipinski definition) is 4. The van der Waals surface area contributed by atoms with Crippen LogP contribution in [0.3, 0.4) is 0 Å². The van der Waals surface area contributed by atoms with Crippen molar-refractivity contribution in [1.29, 1.82) is 0 Å². The quantitative estimate of drug-likeness (QED) is 0.872. The second kappa shape index (κ2) is 6.11. The molecule has 0 bridgehead atoms. The van der Waals surface area contributed by atoms with Crippen molar-refractivity contribution in [1.82, 2.24) is 14.8 Å². The maximum atomic E-state index is 6.25. The van der Waals surface area contributed by atoms with Gasteiger partial charge in [-0.05, 0) is 25.0 Å². The number of rotatable bonds is 6. The molecule has 2 aromatic rings. The Balaban J connectivity index is 2.06. The summed E-state index contributed by atoms with van der Waals surface area (Å²) < 4.78 is 1.95. The number of thiophene rings is 1. The lowest BCUT2D eigenvalue weighted by Gasteiger charge is -2.10. The molecule has 0 aliphatic carbocycles. The molecule has 0 radical (unpaired) electrons. The van der Waals surface area contributed by atoms with E-state index >= 15 is 0 Å². The highest BCUT2D eigenvalue weighted by Crippen LogP contribution is 2.24. The van der Waals surface area contributed by atoms with Gasteiger partial charge in [-0.1, -0.05) is 13.8 Å². The van der Waals surface area contributed by atoms with Gasteiger partial charge < -0.3 is 5.73 Å². The summed E-state index contributed by atoms with van der Waals surface area (Å²) in [5, 5.41) is 4.23. The minimum absolute atomic E-state index is 0.0232. The first-order valence-corrected chi connectivity index (χ1v) is 7.27. The van der Waals surface area contributed by atoms with Crippen LogP contribution in [0, 0.1) is 0 Å². The molecule has 1 unspecified atom stereocenters. The van der Waals surface area contributed by atoms with Crippen LogP contribution in [0.2, 0.25) is 0 Å². The first kappa shape index (κ1) is 13.2. The first-order chi connectivity index (χ1) is 8.74. The van der Waals surface area contributed by atoms with Crippen LogP contribution in [0.5, 0.6) is 0 Å². The fourth-order valence-electron chi connectivity index (χ4n) is 1.93. The molecule has 98 valence electrons. The van der Waals surface area contributed by atoms with E-state index in [1.165, 1.54) is 9.75 Å². The summed E-state index contributed by atoms with van der Waals surface area (Å²) in [5.74, 6) is 0.982. The van der Waals surface area contributed by atoms with Crippen molar-refractivity contribution in [2.45, 2.75) is 45.7 Å². The van der Waals surface area contributed by atoms with Crippen molar-refractivity contribution in [3.63, 3.8) is 0 Å². The van der Waals surface area contributed by atoms with Gasteiger partial charge in [0.1, 0.15) is 12.2 Å². The van der Waals surface area contributed by atoms with Crippen LogP contribution in [0.15, 0.2) is 18.5 Å². The third kappa shape index (κ3) is 2.97. The van der Waals surface area contributed by atoms with Crippen molar-refractivity contribution in [2.24, 2.45) is 5.73 Å². The predicted molar refractivity (Wildman–Crippen MR) is 74.6 cm³/mol. The zero-order chi connectivity index (χ0) is 13.0. The molecule has 0 aromatic carbocycles. The van der Waals surface area contributed by atoms with E-state index in [0.29, 0.717) is 0 Å². The van der Waals surface area contributed by atoms with E-state index < -0.39 is 0 Å². The molecule has 2 heterocycles. The minimum Gasteiger partial charge on any atom is -0.323 e. The lowest BCUT2D eigenvalue weighted by Crippen LogP contribution is -2.16. The second-order valence-electron chi connectivity index (χ2n) is 4.37. The topological polar surface area (TPSA) is 56.7 Å². The van der Waals surface area contributed by atoms with Crippen molar-refractivity contribution in [2.75, 3.05) is 0 Å². The number of hydrogen-bond donors (Lipinski definition) is 1. The molecule has 18 heavy (non-hydrogen) atoms. The summed E-state index contributed by atoms with van der Waals surface area (Å²) in [5.41, 5.74) is 6.25. The molecule has 0 saturated carbocycles. The summed E-state index contributed by atoms with van der Waals surface area (Å²) >= 11 is 1.80. The highest BCUT2D eigenvalue weighted by molar-refractivity contribution is 7.12. The Labute approximate surface area is 112 Å². The SMILES string of the molecule is CCCn1ncnc1CC(N)c1ccc(CC)s1. The van der Waals surface area contributed by atoms with E-state index in [-0.39, 0.29) is 6.04 Å². The van der Waals surface area contributed by atoms with Gasteiger partial charge in [0.05, 0.1) is 0 Å². The van der Waals surface area contributed by atoms with E-state index in [1.54, 1.807) is 17.7 Å². The Morgan fingerprint density at radius 3 is 2.89 bits per heavy atom. The second-order valence-corrected chi connectivity index (χ2v) is 5.57. The molecule has 2 aromatic heterocycles. The van der Waals surface area contributed by atoms with Gasteiger partial charge in [0.15, 0.2) is 0 Å². The van der Waals surface area contributed by atoms with Crippen LogP contribution in [-0.2, 0) is 19.4 Å². The van der Waals surface area contributed by atoms with Crippen molar-refractivity contribution in [3.8, 4) is 0 Å². The summed E-state index contributed by atoms with van der Waals surface area (Å²) in [6.07, 6.45) is 4.50. The highest BCUT2D eigenvalue weighted by Gasteiger charge is 2.13. The van der Waals surface area contributed by atoms with E-state index in [9.17, 15) is 0 Å². The fraction of sp³-hybridized carbons (Fsp3) is 0.538. The first-order valence-electron chi connectivity index (χ1n) is 6.45. The Kier molecular flexibility index (Phi) is 4.49. The molecule has 1 atom stereocenters. The number of aryl methyl sites for hydroxylation is 2. The van der Waals surface area contributed by atoms with Crippen LogP contribution in [0.4, 0.5) is 0 Å². The Morgan fingerprint density at radius 2 is 2.22 bits per heavy atom. The van der Waals surface area contributed by atoms with Crippen LogP contribution >= 0.6 is 11.3 Å². The molecular formula is C13H20N4S. The highest BCUT2D eigenvalue weighted by atomic mass is 32.1. The molecular weight excluding hydrogens is 244 g/mol. The third-order valence-corrected chi connectivity index (χ3v) is 4.29. The van der Waals surface area contributed by atoms with E-state index in [2.05, 4.69) is 36.1 Å². The average Bonchev–Trinajstić information content (AvgIpc) is 2.99. The Morgan fingerprint density at radius 1 is 1.39 bits per heavy atom. The van der Waals surface area contributed by atoms with Gasteiger partial charge in [0, 0.05) is 28.8 Å². The fourth-order valence-corrected chi connectivity index (χ4v) is 2.88. The van der Waals surface area contributed by atoms with E-state index in [4.69, 9.17) is 5.73 Å². The third-order valence-electron chi connectivity index (χ3n) is 2.93. The number of nitrogens with two attached hydrogens (primary N) is 1. The lowest BCUT2D eigenvalue weighted by molar-refractivity contribution is 0.550. The molecule has 2 N–H and O–H groups in total. The lowest BCUT2D eigenvalue weighted by atomic mass is 10.2. The normalized spacial score (nSPS) is 12.8. The molecule has 2 rings (SSSR count). The molecule has 0 spiro atoms. The number of nitrogens with zero attached hydrogens (tertiary/aromatic N) is 3. The van der Waals surface area contributed by atoms with Crippen molar-refractivity contribution >= 4 is 11.3 Å². The van der Waals surface area contributed by atoms with Crippen molar-refractivity contribution in [3.05, 3.63) is 34.0 Å². The van der Waals surface area contributed by atoms with Gasteiger partial charge in [-0.25, -0.2) is 4.98 Å². The Bertz CT molecular complexity index is 489. The number of aromatic nitrogens is 3. The van der Waals surface area contributed by atoms with E-state index in [1.807, 2.05) is 4.68 Å². The van der Waals surface area contributed by atoms with Crippen LogP contribution < -0.4 is 5.73 Å². The van der Waals surface area contributed by atoms with Gasteiger partial charge >= 0.3 is 0 Å². The van der Waals surface area contributed by atoms with Gasteiger partial charge in [0.25, 0.3) is 0 Å². The molecule has 0 fully saturated rings. The Hall–Kier alpha value is -1.20. The molecule has 0 saturated heterocycles.